The van der Waals surface area contributed by atoms with Crippen LogP contribution in [-0.4, -0.2) is 43.5 Å². The molecular weight excluding hydrogens is 443 g/mol. The first kappa shape index (κ1) is 21.7. The molecule has 2 aliphatic rings. The fraction of sp³-hybridized carbons (Fsp3) is 0.611. The maximum atomic E-state index is 12.1. The highest BCUT2D eigenvalue weighted by Crippen LogP contribution is 2.35. The Bertz CT molecular complexity index is 811. The number of nitrogens with one attached hydrogen (secondary N) is 2. The first-order valence-electron chi connectivity index (χ1n) is 9.30. The molecule has 0 saturated carbocycles. The molecule has 28 heavy (non-hydrogen) atoms. The molecule has 1 aromatic heterocycles. The van der Waals surface area contributed by atoms with Crippen LogP contribution in [0.25, 0.3) is 0 Å². The van der Waals surface area contributed by atoms with Crippen molar-refractivity contribution in [3.63, 3.8) is 0 Å². The van der Waals surface area contributed by atoms with Crippen molar-refractivity contribution in [3.8, 4) is 0 Å². The van der Waals surface area contributed by atoms with Gasteiger partial charge in [0, 0.05) is 43.7 Å². The Hall–Kier alpha value is -1.02. The quantitative estimate of drug-likeness (QED) is 0.407. The van der Waals surface area contributed by atoms with E-state index in [1.54, 1.807) is 12.1 Å². The van der Waals surface area contributed by atoms with Crippen LogP contribution in [0, 0.1) is 5.92 Å². The molecule has 1 aromatic rings. The van der Waals surface area contributed by atoms with E-state index in [4.69, 9.17) is 47.0 Å². The fourth-order valence-electron chi connectivity index (χ4n) is 3.94. The van der Waals surface area contributed by atoms with Gasteiger partial charge in [-0.15, -0.1) is 0 Å². The van der Waals surface area contributed by atoms with Gasteiger partial charge >= 0.3 is 0 Å². The number of carbonyl (C=O) groups excluding carboxylic acids is 1. The number of likely N-dealkylation sites (tertiary alicyclic amines) is 1. The number of amides is 1. The van der Waals surface area contributed by atoms with E-state index in [0.29, 0.717) is 43.5 Å². The zero-order valence-electron chi connectivity index (χ0n) is 15.5. The van der Waals surface area contributed by atoms with E-state index in [9.17, 15) is 9.59 Å². The normalized spacial score (nSPS) is 22.2. The third kappa shape index (κ3) is 4.93. The average molecular weight is 466 g/mol. The summed E-state index contributed by atoms with van der Waals surface area (Å²) in [4.78, 5) is 26.2. The molecular formula is C18H23Cl3N4O2S. The van der Waals surface area contributed by atoms with Crippen molar-refractivity contribution < 1.29 is 4.79 Å². The van der Waals surface area contributed by atoms with Crippen molar-refractivity contribution in [1.29, 1.82) is 0 Å². The molecule has 1 saturated heterocycles. The summed E-state index contributed by atoms with van der Waals surface area (Å²) in [5.41, 5.74) is 1.07. The van der Waals surface area contributed by atoms with Crippen molar-refractivity contribution in [2.75, 3.05) is 13.1 Å². The standard InChI is InChI=1S/C18H23Cl3N4O2S/c1-2-4-14(26)22-16(18(19,20)21)23-17(28)24-8-11-7-12(10-24)13-5-3-6-15(27)25(13)9-11/h3,5-6,11-12,16H,2,4,7-10H2,1H3,(H,22,26)(H,23,28)/t11-,12-,16-/m1/s1. The lowest BCUT2D eigenvalue weighted by Gasteiger charge is -2.44. The zero-order valence-corrected chi connectivity index (χ0v) is 18.5. The van der Waals surface area contributed by atoms with Crippen LogP contribution in [-0.2, 0) is 11.3 Å². The number of halogens is 3. The lowest BCUT2D eigenvalue weighted by molar-refractivity contribution is -0.121. The number of hydrogen-bond donors (Lipinski definition) is 2. The molecule has 3 heterocycles. The monoisotopic (exact) mass is 464 g/mol. The van der Waals surface area contributed by atoms with Crippen LogP contribution >= 0.6 is 47.0 Å². The molecule has 10 heteroatoms. The van der Waals surface area contributed by atoms with E-state index < -0.39 is 9.96 Å². The van der Waals surface area contributed by atoms with Crippen LogP contribution in [0.15, 0.2) is 23.0 Å². The molecule has 3 rings (SSSR count). The SMILES string of the molecule is CCCC(=O)N[C@H](NC(=S)N1C[C@H]2C[C@H](C1)c1cccc(=O)n1C2)C(Cl)(Cl)Cl. The highest BCUT2D eigenvalue weighted by atomic mass is 35.6. The van der Waals surface area contributed by atoms with Crippen LogP contribution in [0.5, 0.6) is 0 Å². The van der Waals surface area contributed by atoms with E-state index in [2.05, 4.69) is 10.6 Å². The summed E-state index contributed by atoms with van der Waals surface area (Å²) in [6.07, 6.45) is 1.12. The molecule has 1 amide bonds. The maximum absolute atomic E-state index is 12.1. The second kappa shape index (κ2) is 8.78. The number of hydrogen-bond acceptors (Lipinski definition) is 3. The Labute approximate surface area is 184 Å². The predicted octanol–water partition coefficient (Wildman–Crippen LogP) is 2.75. The van der Waals surface area contributed by atoms with Crippen LogP contribution in [0.4, 0.5) is 0 Å². The molecule has 1 fully saturated rings. The van der Waals surface area contributed by atoms with Gasteiger partial charge in [-0.2, -0.15) is 0 Å². The Balaban J connectivity index is 1.71. The van der Waals surface area contributed by atoms with E-state index in [1.807, 2.05) is 22.5 Å². The van der Waals surface area contributed by atoms with Crippen LogP contribution in [0.1, 0.15) is 37.8 Å². The maximum Gasteiger partial charge on any atom is 0.250 e. The molecule has 0 aromatic carbocycles. The first-order chi connectivity index (χ1) is 13.2. The van der Waals surface area contributed by atoms with Crippen LogP contribution < -0.4 is 16.2 Å². The minimum absolute atomic E-state index is 0.0382. The number of rotatable bonds is 4. The van der Waals surface area contributed by atoms with Crippen LogP contribution in [0.2, 0.25) is 0 Å². The molecule has 0 aliphatic carbocycles. The van der Waals surface area contributed by atoms with Crippen molar-refractivity contribution in [3.05, 3.63) is 34.2 Å². The first-order valence-corrected chi connectivity index (χ1v) is 10.8. The Kier molecular flexibility index (Phi) is 6.80. The number of fused-ring (bicyclic) bond motifs is 4. The Morgan fingerprint density at radius 1 is 1.29 bits per heavy atom. The van der Waals surface area contributed by atoms with E-state index in [1.165, 1.54) is 0 Å². The molecule has 0 radical (unpaired) electrons. The number of nitrogens with zero attached hydrogens (tertiary/aromatic N) is 2. The van der Waals surface area contributed by atoms with Gasteiger partial charge in [-0.25, -0.2) is 0 Å². The Morgan fingerprint density at radius 3 is 2.71 bits per heavy atom. The molecule has 154 valence electrons. The van der Waals surface area contributed by atoms with Crippen molar-refractivity contribution in [2.24, 2.45) is 5.92 Å². The van der Waals surface area contributed by atoms with E-state index in [0.717, 1.165) is 12.1 Å². The van der Waals surface area contributed by atoms with Gasteiger partial charge in [0.05, 0.1) is 0 Å². The number of pyridine rings is 1. The van der Waals surface area contributed by atoms with Gasteiger partial charge < -0.3 is 20.1 Å². The second-order valence-corrected chi connectivity index (χ2v) is 10.1. The van der Waals surface area contributed by atoms with Crippen molar-refractivity contribution >= 4 is 58.0 Å². The molecule has 3 atom stereocenters. The summed E-state index contributed by atoms with van der Waals surface area (Å²) >= 11 is 23.7. The second-order valence-electron chi connectivity index (χ2n) is 7.34. The summed E-state index contributed by atoms with van der Waals surface area (Å²) in [5, 5.41) is 6.12. The summed E-state index contributed by atoms with van der Waals surface area (Å²) in [6.45, 7) is 3.95. The largest absolute Gasteiger partial charge is 0.348 e. The van der Waals surface area contributed by atoms with Gasteiger partial charge in [-0.05, 0) is 37.0 Å². The lowest BCUT2D eigenvalue weighted by Crippen LogP contribution is -2.60. The Morgan fingerprint density at radius 2 is 2.04 bits per heavy atom. The number of carbonyl (C=O) groups is 1. The highest BCUT2D eigenvalue weighted by molar-refractivity contribution is 7.80. The molecule has 0 unspecified atom stereocenters. The number of alkyl halides is 3. The topological polar surface area (TPSA) is 66.4 Å². The van der Waals surface area contributed by atoms with Gasteiger partial charge in [0.25, 0.3) is 5.56 Å². The third-order valence-electron chi connectivity index (χ3n) is 5.14. The molecule has 2 N–H and O–H groups in total. The van der Waals surface area contributed by atoms with Crippen LogP contribution in [0.3, 0.4) is 0 Å². The smallest absolute Gasteiger partial charge is 0.250 e. The predicted molar refractivity (Wildman–Crippen MR) is 116 cm³/mol. The van der Waals surface area contributed by atoms with Gasteiger partial charge in [-0.1, -0.05) is 47.8 Å². The summed E-state index contributed by atoms with van der Waals surface area (Å²) in [5.74, 6) is 0.312. The molecule has 2 aliphatic heterocycles. The summed E-state index contributed by atoms with van der Waals surface area (Å²) in [6, 6.07) is 5.39. The molecule has 6 nitrogen and oxygen atoms in total. The van der Waals surface area contributed by atoms with Crippen molar-refractivity contribution in [2.45, 2.75) is 48.6 Å². The fourth-order valence-corrected chi connectivity index (χ4v) is 4.53. The van der Waals surface area contributed by atoms with Gasteiger partial charge in [0.2, 0.25) is 9.70 Å². The van der Waals surface area contributed by atoms with Gasteiger partial charge in [0.1, 0.15) is 6.17 Å². The zero-order chi connectivity index (χ0) is 20.5. The summed E-state index contributed by atoms with van der Waals surface area (Å²) in [7, 11) is 0. The average Bonchev–Trinajstić information content (AvgIpc) is 2.61. The van der Waals surface area contributed by atoms with Gasteiger partial charge in [0.15, 0.2) is 5.11 Å². The minimum Gasteiger partial charge on any atom is -0.348 e. The molecule has 2 bridgehead atoms. The molecule has 0 spiro atoms. The van der Waals surface area contributed by atoms with E-state index in [-0.39, 0.29) is 17.4 Å². The number of aromatic nitrogens is 1. The number of thiocarbonyl (C=S) groups is 1. The van der Waals surface area contributed by atoms with E-state index >= 15 is 0 Å². The lowest BCUT2D eigenvalue weighted by atomic mass is 9.83. The highest BCUT2D eigenvalue weighted by Gasteiger charge is 2.38. The van der Waals surface area contributed by atoms with Crippen molar-refractivity contribution in [1.82, 2.24) is 20.1 Å². The minimum atomic E-state index is -1.75. The van der Waals surface area contributed by atoms with Gasteiger partial charge in [-0.3, -0.25) is 9.59 Å². The third-order valence-corrected chi connectivity index (χ3v) is 6.18. The summed E-state index contributed by atoms with van der Waals surface area (Å²) < 4.78 is 0.112. The number of piperidine rings is 1.